The first-order valence-electron chi connectivity index (χ1n) is 9.00. The predicted octanol–water partition coefficient (Wildman–Crippen LogP) is 1.94. The third-order valence-electron chi connectivity index (χ3n) is 4.14. The monoisotopic (exact) mass is 444 g/mol. The van der Waals surface area contributed by atoms with Crippen LogP contribution < -0.4 is 15.8 Å². The molecule has 8 nitrogen and oxygen atoms in total. The molecule has 0 unspecified atom stereocenters. The van der Waals surface area contributed by atoms with Crippen molar-refractivity contribution in [2.45, 2.75) is 17.7 Å². The summed E-state index contributed by atoms with van der Waals surface area (Å²) in [5.74, 6) is -0.447. The standard InChI is InChI=1S/C20H20N4O4S2/c21-30(27,28)17-8-6-14(7-9-17)10-11-22-18(25)12-16-13-29-20(23-16)24-19(26)15-4-2-1-3-5-15/h1-9,13H,10-12H2,(H,22,25)(H2,21,27,28)(H,23,24,26). The lowest BCUT2D eigenvalue weighted by molar-refractivity contribution is -0.120. The van der Waals surface area contributed by atoms with Gasteiger partial charge in [0.15, 0.2) is 5.13 Å². The fourth-order valence-electron chi connectivity index (χ4n) is 2.62. The Hall–Kier alpha value is -3.08. The topological polar surface area (TPSA) is 131 Å². The average Bonchev–Trinajstić information content (AvgIpc) is 3.15. The molecule has 0 spiro atoms. The lowest BCUT2D eigenvalue weighted by atomic mass is 10.1. The number of nitrogens with two attached hydrogens (primary N) is 1. The van der Waals surface area contributed by atoms with Gasteiger partial charge in [0, 0.05) is 17.5 Å². The van der Waals surface area contributed by atoms with Gasteiger partial charge < -0.3 is 5.32 Å². The molecule has 10 heteroatoms. The number of primary sulfonamides is 1. The summed E-state index contributed by atoms with van der Waals surface area (Å²) in [5, 5.41) is 12.7. The van der Waals surface area contributed by atoms with E-state index >= 15 is 0 Å². The quantitative estimate of drug-likeness (QED) is 0.489. The first-order chi connectivity index (χ1) is 14.3. The molecule has 156 valence electrons. The van der Waals surface area contributed by atoms with Gasteiger partial charge in [-0.2, -0.15) is 0 Å². The highest BCUT2D eigenvalue weighted by molar-refractivity contribution is 7.89. The summed E-state index contributed by atoms with van der Waals surface area (Å²) in [6.07, 6.45) is 0.647. The van der Waals surface area contributed by atoms with Crippen molar-refractivity contribution in [3.63, 3.8) is 0 Å². The molecular weight excluding hydrogens is 424 g/mol. The Labute approximate surface area is 178 Å². The van der Waals surface area contributed by atoms with Crippen molar-refractivity contribution in [1.82, 2.24) is 10.3 Å². The molecule has 30 heavy (non-hydrogen) atoms. The first-order valence-corrected chi connectivity index (χ1v) is 11.4. The maximum absolute atomic E-state index is 12.1. The number of rotatable bonds is 8. The van der Waals surface area contributed by atoms with Gasteiger partial charge in [-0.05, 0) is 36.2 Å². The Bertz CT molecular complexity index is 1130. The van der Waals surface area contributed by atoms with Gasteiger partial charge in [-0.3, -0.25) is 14.9 Å². The second-order valence-electron chi connectivity index (χ2n) is 6.43. The normalized spacial score (nSPS) is 11.1. The summed E-state index contributed by atoms with van der Waals surface area (Å²) < 4.78 is 22.5. The fourth-order valence-corrected chi connectivity index (χ4v) is 3.84. The van der Waals surface area contributed by atoms with Crippen LogP contribution in [0.4, 0.5) is 5.13 Å². The van der Waals surface area contributed by atoms with Crippen molar-refractivity contribution < 1.29 is 18.0 Å². The van der Waals surface area contributed by atoms with E-state index in [1.807, 2.05) is 6.07 Å². The highest BCUT2D eigenvalue weighted by Crippen LogP contribution is 2.17. The molecular formula is C20H20N4O4S2. The molecule has 3 rings (SSSR count). The number of aromatic nitrogens is 1. The number of anilines is 1. The van der Waals surface area contributed by atoms with Crippen LogP contribution >= 0.6 is 11.3 Å². The Kier molecular flexibility index (Phi) is 6.93. The van der Waals surface area contributed by atoms with Gasteiger partial charge in [0.1, 0.15) is 0 Å². The largest absolute Gasteiger partial charge is 0.355 e. The van der Waals surface area contributed by atoms with Crippen LogP contribution in [0.25, 0.3) is 0 Å². The Morgan fingerprint density at radius 2 is 1.73 bits per heavy atom. The highest BCUT2D eigenvalue weighted by atomic mass is 32.2. The molecule has 2 amide bonds. The second-order valence-corrected chi connectivity index (χ2v) is 8.85. The SMILES string of the molecule is NS(=O)(=O)c1ccc(CCNC(=O)Cc2csc(NC(=O)c3ccccc3)n2)cc1. The number of amides is 2. The molecule has 0 aliphatic rings. The molecule has 0 aliphatic heterocycles. The first kappa shape index (κ1) is 21.6. The molecule has 1 heterocycles. The van der Waals surface area contributed by atoms with E-state index in [0.29, 0.717) is 29.4 Å². The number of carbonyl (C=O) groups excluding carboxylic acids is 2. The number of nitrogens with one attached hydrogen (secondary N) is 2. The number of hydrogen-bond acceptors (Lipinski definition) is 6. The van der Waals surface area contributed by atoms with E-state index in [4.69, 9.17) is 5.14 Å². The molecule has 0 saturated carbocycles. The molecule has 3 aromatic rings. The van der Waals surface area contributed by atoms with E-state index in [0.717, 1.165) is 5.56 Å². The predicted molar refractivity (Wildman–Crippen MR) is 115 cm³/mol. The van der Waals surface area contributed by atoms with Gasteiger partial charge >= 0.3 is 0 Å². The minimum Gasteiger partial charge on any atom is -0.355 e. The zero-order valence-electron chi connectivity index (χ0n) is 15.9. The van der Waals surface area contributed by atoms with Crippen LogP contribution in [0, 0.1) is 0 Å². The van der Waals surface area contributed by atoms with Crippen LogP contribution in [-0.2, 0) is 27.7 Å². The Morgan fingerprint density at radius 1 is 1.03 bits per heavy atom. The third-order valence-corrected chi connectivity index (χ3v) is 5.87. The summed E-state index contributed by atoms with van der Waals surface area (Å²) in [4.78, 5) is 28.6. The number of nitrogens with zero attached hydrogens (tertiary/aromatic N) is 1. The number of hydrogen-bond donors (Lipinski definition) is 3. The van der Waals surface area contributed by atoms with Gasteiger partial charge in [-0.25, -0.2) is 18.5 Å². The van der Waals surface area contributed by atoms with Gasteiger partial charge in [-0.15, -0.1) is 11.3 Å². The smallest absolute Gasteiger partial charge is 0.257 e. The van der Waals surface area contributed by atoms with Crippen LogP contribution in [0.5, 0.6) is 0 Å². The Balaban J connectivity index is 1.45. The number of benzene rings is 2. The van der Waals surface area contributed by atoms with E-state index in [1.165, 1.54) is 23.5 Å². The molecule has 0 bridgehead atoms. The molecule has 2 aromatic carbocycles. The van der Waals surface area contributed by atoms with E-state index in [2.05, 4.69) is 15.6 Å². The second kappa shape index (κ2) is 9.61. The third kappa shape index (κ3) is 6.21. The lowest BCUT2D eigenvalue weighted by Gasteiger charge is -2.05. The van der Waals surface area contributed by atoms with Crippen molar-refractivity contribution in [2.24, 2.45) is 5.14 Å². The molecule has 0 saturated heterocycles. The fraction of sp³-hybridized carbons (Fsp3) is 0.150. The maximum Gasteiger partial charge on any atom is 0.257 e. The maximum atomic E-state index is 12.1. The van der Waals surface area contributed by atoms with Crippen LogP contribution in [0.15, 0.2) is 64.9 Å². The summed E-state index contributed by atoms with van der Waals surface area (Å²) in [6.45, 7) is 0.398. The van der Waals surface area contributed by atoms with E-state index in [1.54, 1.807) is 41.8 Å². The number of carbonyl (C=O) groups is 2. The average molecular weight is 445 g/mol. The van der Waals surface area contributed by atoms with Crippen molar-refractivity contribution in [3.05, 3.63) is 76.8 Å². The van der Waals surface area contributed by atoms with Crippen molar-refractivity contribution in [1.29, 1.82) is 0 Å². The summed E-state index contributed by atoms with van der Waals surface area (Å²) in [6, 6.07) is 15.0. The van der Waals surface area contributed by atoms with Crippen LogP contribution in [0.3, 0.4) is 0 Å². The molecule has 0 radical (unpaired) electrons. The van der Waals surface area contributed by atoms with Crippen molar-refractivity contribution in [2.75, 3.05) is 11.9 Å². The van der Waals surface area contributed by atoms with Gasteiger partial charge in [-0.1, -0.05) is 30.3 Å². The number of thiazole rings is 1. The molecule has 4 N–H and O–H groups in total. The van der Waals surface area contributed by atoms with E-state index in [9.17, 15) is 18.0 Å². The van der Waals surface area contributed by atoms with Crippen LogP contribution in [-0.4, -0.2) is 31.8 Å². The molecule has 0 fully saturated rings. The lowest BCUT2D eigenvalue weighted by Crippen LogP contribution is -2.27. The zero-order chi connectivity index (χ0) is 21.6. The highest BCUT2D eigenvalue weighted by Gasteiger charge is 2.11. The minimum absolute atomic E-state index is 0.0500. The minimum atomic E-state index is -3.71. The van der Waals surface area contributed by atoms with Crippen LogP contribution in [0.2, 0.25) is 0 Å². The van der Waals surface area contributed by atoms with Gasteiger partial charge in [0.25, 0.3) is 5.91 Å². The van der Waals surface area contributed by atoms with Gasteiger partial charge in [0.05, 0.1) is 17.0 Å². The van der Waals surface area contributed by atoms with Crippen molar-refractivity contribution >= 4 is 38.3 Å². The summed E-state index contributed by atoms with van der Waals surface area (Å²) >= 11 is 1.26. The summed E-state index contributed by atoms with van der Waals surface area (Å²) in [5.41, 5.74) is 1.98. The van der Waals surface area contributed by atoms with Crippen molar-refractivity contribution in [3.8, 4) is 0 Å². The van der Waals surface area contributed by atoms with E-state index < -0.39 is 10.0 Å². The van der Waals surface area contributed by atoms with Gasteiger partial charge in [0.2, 0.25) is 15.9 Å². The molecule has 1 aromatic heterocycles. The molecule has 0 aliphatic carbocycles. The molecule has 0 atom stereocenters. The van der Waals surface area contributed by atoms with Crippen LogP contribution in [0.1, 0.15) is 21.6 Å². The number of sulfonamides is 1. The summed E-state index contributed by atoms with van der Waals surface area (Å²) in [7, 11) is -3.71. The Morgan fingerprint density at radius 3 is 2.40 bits per heavy atom. The zero-order valence-corrected chi connectivity index (χ0v) is 17.5. The van der Waals surface area contributed by atoms with E-state index in [-0.39, 0.29) is 23.1 Å².